The maximum absolute atomic E-state index is 11.7. The lowest BCUT2D eigenvalue weighted by Crippen LogP contribution is -2.26. The van der Waals surface area contributed by atoms with Crippen molar-refractivity contribution in [1.82, 2.24) is 4.90 Å². The van der Waals surface area contributed by atoms with Gasteiger partial charge in [0.2, 0.25) is 5.91 Å². The van der Waals surface area contributed by atoms with Crippen molar-refractivity contribution in [2.75, 3.05) is 25.0 Å². The Morgan fingerprint density at radius 3 is 2.84 bits per heavy atom. The predicted molar refractivity (Wildman–Crippen MR) is 70.7 cm³/mol. The highest BCUT2D eigenvalue weighted by Gasteiger charge is 2.29. The fraction of sp³-hybridized carbons (Fsp3) is 0.500. The molecule has 1 amide bonds. The molecule has 0 spiro atoms. The number of anilines is 1. The first kappa shape index (κ1) is 14.0. The normalized spacial score (nSPS) is 23.2. The minimum atomic E-state index is -0.731. The van der Waals surface area contributed by atoms with Crippen LogP contribution in [-0.4, -0.2) is 52.9 Å². The monoisotopic (exact) mass is 281 g/mol. The molecule has 6 nitrogen and oxygen atoms in total. The van der Waals surface area contributed by atoms with Crippen LogP contribution in [0.5, 0.6) is 0 Å². The van der Waals surface area contributed by atoms with Crippen molar-refractivity contribution in [3.05, 3.63) is 17.0 Å². The van der Waals surface area contributed by atoms with Gasteiger partial charge in [0.05, 0.1) is 17.8 Å². The smallest absolute Gasteiger partial charge is 0.226 e. The maximum atomic E-state index is 11.7. The van der Waals surface area contributed by atoms with E-state index in [0.717, 1.165) is 0 Å². The molecule has 1 aliphatic heterocycles. The Morgan fingerprint density at radius 1 is 1.53 bits per heavy atom. The van der Waals surface area contributed by atoms with E-state index in [1.807, 2.05) is 11.0 Å². The number of thiophene rings is 1. The first-order valence-corrected chi connectivity index (χ1v) is 6.84. The number of hydrogen-bond acceptors (Lipinski definition) is 6. The molecule has 102 valence electrons. The highest BCUT2D eigenvalue weighted by Crippen LogP contribution is 2.22. The lowest BCUT2D eigenvalue weighted by Gasteiger charge is -2.13. The van der Waals surface area contributed by atoms with Crippen molar-refractivity contribution in [3.8, 4) is 6.07 Å². The van der Waals surface area contributed by atoms with Gasteiger partial charge in [0, 0.05) is 26.1 Å². The Labute approximate surface area is 114 Å². The van der Waals surface area contributed by atoms with Gasteiger partial charge in [0.1, 0.15) is 11.1 Å². The van der Waals surface area contributed by atoms with E-state index in [9.17, 15) is 15.0 Å². The van der Waals surface area contributed by atoms with Crippen molar-refractivity contribution >= 4 is 22.2 Å². The van der Waals surface area contributed by atoms with Crippen LogP contribution >= 0.6 is 11.3 Å². The van der Waals surface area contributed by atoms with E-state index in [1.165, 1.54) is 11.3 Å². The Balaban J connectivity index is 1.78. The summed E-state index contributed by atoms with van der Waals surface area (Å²) in [4.78, 5) is 13.6. The van der Waals surface area contributed by atoms with Gasteiger partial charge in [-0.2, -0.15) is 5.26 Å². The zero-order valence-corrected chi connectivity index (χ0v) is 11.1. The van der Waals surface area contributed by atoms with Crippen LogP contribution in [0.25, 0.3) is 0 Å². The second-order valence-corrected chi connectivity index (χ2v) is 5.38. The zero-order chi connectivity index (χ0) is 13.8. The number of amides is 1. The molecule has 1 aromatic rings. The third kappa shape index (κ3) is 3.52. The van der Waals surface area contributed by atoms with Crippen molar-refractivity contribution in [1.29, 1.82) is 5.26 Å². The number of aliphatic hydroxyl groups excluding tert-OH is 2. The number of carbonyl (C=O) groups is 1. The molecule has 1 saturated heterocycles. The molecule has 1 aromatic heterocycles. The van der Waals surface area contributed by atoms with Gasteiger partial charge >= 0.3 is 0 Å². The molecular weight excluding hydrogens is 266 g/mol. The number of hydrogen-bond donors (Lipinski definition) is 3. The van der Waals surface area contributed by atoms with Gasteiger partial charge in [-0.25, -0.2) is 0 Å². The third-order valence-electron chi connectivity index (χ3n) is 3.03. The number of β-amino-alcohol motifs (C(OH)–C–C–N with tert-alkyl or cyclic N) is 2. The first-order valence-electron chi connectivity index (χ1n) is 5.96. The van der Waals surface area contributed by atoms with E-state index in [4.69, 9.17) is 5.26 Å². The summed E-state index contributed by atoms with van der Waals surface area (Å²) in [6, 6.07) is 3.67. The fourth-order valence-electron chi connectivity index (χ4n) is 1.97. The maximum Gasteiger partial charge on any atom is 0.226 e. The van der Waals surface area contributed by atoms with Gasteiger partial charge in [-0.05, 0) is 11.4 Å². The average Bonchev–Trinajstić information content (AvgIpc) is 2.94. The predicted octanol–water partition coefficient (Wildman–Crippen LogP) is -0.0142. The number of rotatable bonds is 4. The fourth-order valence-corrected chi connectivity index (χ4v) is 2.73. The summed E-state index contributed by atoms with van der Waals surface area (Å²) < 4.78 is 0. The van der Waals surface area contributed by atoms with Crippen molar-refractivity contribution < 1.29 is 15.0 Å². The summed E-state index contributed by atoms with van der Waals surface area (Å²) in [7, 11) is 0. The Kier molecular flexibility index (Phi) is 4.50. The zero-order valence-electron chi connectivity index (χ0n) is 10.2. The van der Waals surface area contributed by atoms with Gasteiger partial charge in [-0.3, -0.25) is 9.69 Å². The summed E-state index contributed by atoms with van der Waals surface area (Å²) >= 11 is 1.31. The van der Waals surface area contributed by atoms with Crippen LogP contribution in [0.1, 0.15) is 12.0 Å². The Bertz CT molecular complexity index is 487. The van der Waals surface area contributed by atoms with Crippen LogP contribution < -0.4 is 5.32 Å². The van der Waals surface area contributed by atoms with Gasteiger partial charge in [-0.1, -0.05) is 0 Å². The summed E-state index contributed by atoms with van der Waals surface area (Å²) in [5, 5.41) is 32.6. The number of nitrogens with one attached hydrogen (secondary N) is 1. The lowest BCUT2D eigenvalue weighted by molar-refractivity contribution is -0.116. The molecule has 2 heterocycles. The third-order valence-corrected chi connectivity index (χ3v) is 3.86. The van der Waals surface area contributed by atoms with Gasteiger partial charge in [-0.15, -0.1) is 11.3 Å². The SMILES string of the molecule is N#Cc1ccsc1NC(=O)CCN1C[C@@H](O)[C@@H](O)C1. The minimum absolute atomic E-state index is 0.171. The molecule has 1 fully saturated rings. The first-order chi connectivity index (χ1) is 9.10. The van der Waals surface area contributed by atoms with Crippen LogP contribution in [-0.2, 0) is 4.79 Å². The van der Waals surface area contributed by atoms with E-state index in [1.54, 1.807) is 11.4 Å². The molecule has 0 unspecified atom stereocenters. The standard InChI is InChI=1S/C12H15N3O3S/c13-5-8-2-4-19-12(8)14-11(18)1-3-15-6-9(16)10(17)7-15/h2,4,9-10,16-17H,1,3,6-7H2,(H,14,18)/t9-,10+. The quantitative estimate of drug-likeness (QED) is 0.721. The van der Waals surface area contributed by atoms with E-state index in [2.05, 4.69) is 5.32 Å². The van der Waals surface area contributed by atoms with Crippen molar-refractivity contribution in [2.45, 2.75) is 18.6 Å². The number of aliphatic hydroxyl groups is 2. The number of nitrogens with zero attached hydrogens (tertiary/aromatic N) is 2. The molecule has 2 atom stereocenters. The Hall–Kier alpha value is -1.46. The summed E-state index contributed by atoms with van der Waals surface area (Å²) in [5.74, 6) is -0.171. The second kappa shape index (κ2) is 6.12. The highest BCUT2D eigenvalue weighted by atomic mass is 32.1. The number of nitriles is 1. The van der Waals surface area contributed by atoms with Gasteiger partial charge in [0.25, 0.3) is 0 Å². The number of carbonyl (C=O) groups excluding carboxylic acids is 1. The van der Waals surface area contributed by atoms with Crippen LogP contribution in [0, 0.1) is 11.3 Å². The highest BCUT2D eigenvalue weighted by molar-refractivity contribution is 7.14. The molecule has 1 aliphatic rings. The molecule has 0 aromatic carbocycles. The molecular formula is C12H15N3O3S. The van der Waals surface area contributed by atoms with E-state index >= 15 is 0 Å². The van der Waals surface area contributed by atoms with E-state index < -0.39 is 12.2 Å². The van der Waals surface area contributed by atoms with Crippen LogP contribution in [0.15, 0.2) is 11.4 Å². The van der Waals surface area contributed by atoms with Gasteiger partial charge in [0.15, 0.2) is 0 Å². The second-order valence-electron chi connectivity index (χ2n) is 4.47. The molecule has 7 heteroatoms. The van der Waals surface area contributed by atoms with Gasteiger partial charge < -0.3 is 15.5 Å². The summed E-state index contributed by atoms with van der Waals surface area (Å²) in [5.41, 5.74) is 0.463. The minimum Gasteiger partial charge on any atom is -0.389 e. The molecule has 3 N–H and O–H groups in total. The molecule has 0 radical (unpaired) electrons. The lowest BCUT2D eigenvalue weighted by atomic mass is 10.3. The van der Waals surface area contributed by atoms with Crippen LogP contribution in [0.2, 0.25) is 0 Å². The molecule has 19 heavy (non-hydrogen) atoms. The summed E-state index contributed by atoms with van der Waals surface area (Å²) in [6.07, 6.45) is -1.20. The summed E-state index contributed by atoms with van der Waals surface area (Å²) in [6.45, 7) is 1.25. The largest absolute Gasteiger partial charge is 0.389 e. The number of likely N-dealkylation sites (tertiary alicyclic amines) is 1. The van der Waals surface area contributed by atoms with Crippen LogP contribution in [0.3, 0.4) is 0 Å². The molecule has 2 rings (SSSR count). The van der Waals surface area contributed by atoms with Crippen LogP contribution in [0.4, 0.5) is 5.00 Å². The molecule has 0 bridgehead atoms. The van der Waals surface area contributed by atoms with Crippen molar-refractivity contribution in [2.24, 2.45) is 0 Å². The van der Waals surface area contributed by atoms with E-state index in [-0.39, 0.29) is 12.3 Å². The molecule has 0 saturated carbocycles. The average molecular weight is 281 g/mol. The van der Waals surface area contributed by atoms with E-state index in [0.29, 0.717) is 30.2 Å². The van der Waals surface area contributed by atoms with Crippen molar-refractivity contribution in [3.63, 3.8) is 0 Å². The topological polar surface area (TPSA) is 96.6 Å². The Morgan fingerprint density at radius 2 is 2.21 bits per heavy atom. The molecule has 0 aliphatic carbocycles.